The van der Waals surface area contributed by atoms with Crippen LogP contribution in [0.3, 0.4) is 0 Å². The number of hydrogen-bond acceptors (Lipinski definition) is 4. The molecule has 2 aromatic carbocycles. The van der Waals surface area contributed by atoms with Crippen LogP contribution in [0.5, 0.6) is 5.75 Å². The Kier molecular flexibility index (Phi) is 7.45. The number of halogens is 1. The molecule has 202 valence electrons. The third-order valence-electron chi connectivity index (χ3n) is 8.67. The van der Waals surface area contributed by atoms with Crippen LogP contribution >= 0.6 is 11.6 Å². The van der Waals surface area contributed by atoms with Crippen LogP contribution in [0.4, 0.5) is 5.69 Å². The number of aliphatic carboxylic acids is 1. The van der Waals surface area contributed by atoms with Crippen molar-refractivity contribution in [1.29, 1.82) is 0 Å². The highest BCUT2D eigenvalue weighted by atomic mass is 35.5. The zero-order chi connectivity index (χ0) is 26.9. The number of rotatable bonds is 1. The first-order chi connectivity index (χ1) is 18.2. The SMILES string of the molecule is CN1C/C=C/CCCCN2C[C@@]3(CCCc4cc(Cl)ccc43)COc3ccc(cc32)[C@](C)(C(=O)O)CC1=O. The van der Waals surface area contributed by atoms with E-state index < -0.39 is 11.4 Å². The van der Waals surface area contributed by atoms with Crippen LogP contribution in [0.25, 0.3) is 0 Å². The minimum Gasteiger partial charge on any atom is -0.490 e. The molecule has 0 unspecified atom stereocenters. The van der Waals surface area contributed by atoms with Crippen molar-refractivity contribution in [1.82, 2.24) is 4.90 Å². The fourth-order valence-corrected chi connectivity index (χ4v) is 6.44. The van der Waals surface area contributed by atoms with Gasteiger partial charge >= 0.3 is 5.97 Å². The number of carbonyl (C=O) groups excluding carboxylic acids is 1. The molecule has 38 heavy (non-hydrogen) atoms. The lowest BCUT2D eigenvalue weighted by molar-refractivity contribution is -0.147. The Labute approximate surface area is 230 Å². The maximum Gasteiger partial charge on any atom is 0.314 e. The summed E-state index contributed by atoms with van der Waals surface area (Å²) in [6.07, 6.45) is 10.1. The molecule has 2 bridgehead atoms. The van der Waals surface area contributed by atoms with Gasteiger partial charge in [0.15, 0.2) is 0 Å². The van der Waals surface area contributed by atoms with E-state index in [1.54, 1.807) is 18.9 Å². The highest BCUT2D eigenvalue weighted by molar-refractivity contribution is 6.30. The van der Waals surface area contributed by atoms with Gasteiger partial charge in [-0.05, 0) is 86.4 Å². The Morgan fingerprint density at radius 2 is 1.95 bits per heavy atom. The molecule has 6 nitrogen and oxygen atoms in total. The van der Waals surface area contributed by atoms with E-state index in [-0.39, 0.29) is 17.7 Å². The Bertz CT molecular complexity index is 1260. The highest BCUT2D eigenvalue weighted by Crippen LogP contribution is 2.45. The monoisotopic (exact) mass is 536 g/mol. The zero-order valence-electron chi connectivity index (χ0n) is 22.3. The molecular formula is C31H37ClN2O4. The van der Waals surface area contributed by atoms with Crippen molar-refractivity contribution in [3.8, 4) is 5.75 Å². The largest absolute Gasteiger partial charge is 0.490 e. The van der Waals surface area contributed by atoms with Crippen LogP contribution < -0.4 is 9.64 Å². The molecule has 2 aliphatic heterocycles. The minimum atomic E-state index is -1.35. The van der Waals surface area contributed by atoms with Gasteiger partial charge in [0.05, 0.1) is 17.7 Å². The van der Waals surface area contributed by atoms with Gasteiger partial charge in [0.2, 0.25) is 5.91 Å². The summed E-state index contributed by atoms with van der Waals surface area (Å²) in [4.78, 5) is 29.7. The molecule has 0 saturated heterocycles. The maximum absolute atomic E-state index is 13.0. The number of anilines is 1. The van der Waals surface area contributed by atoms with Crippen molar-refractivity contribution in [3.63, 3.8) is 0 Å². The van der Waals surface area contributed by atoms with E-state index in [2.05, 4.69) is 23.1 Å². The summed E-state index contributed by atoms with van der Waals surface area (Å²) in [5.74, 6) is -0.421. The second-order valence-electron chi connectivity index (χ2n) is 11.4. The summed E-state index contributed by atoms with van der Waals surface area (Å²) < 4.78 is 6.54. The second kappa shape index (κ2) is 10.6. The van der Waals surface area contributed by atoms with Gasteiger partial charge in [0.25, 0.3) is 0 Å². The highest BCUT2D eigenvalue weighted by Gasteiger charge is 2.43. The average molecular weight is 537 g/mol. The van der Waals surface area contributed by atoms with Crippen molar-refractivity contribution in [2.75, 3.05) is 38.2 Å². The molecule has 0 aromatic heterocycles. The van der Waals surface area contributed by atoms with Crippen LogP contribution in [-0.4, -0.2) is 55.2 Å². The van der Waals surface area contributed by atoms with Crippen LogP contribution in [0.2, 0.25) is 5.02 Å². The first-order valence-electron chi connectivity index (χ1n) is 13.7. The van der Waals surface area contributed by atoms with Crippen molar-refractivity contribution in [2.45, 2.75) is 62.7 Å². The molecule has 2 heterocycles. The molecule has 1 amide bonds. The Hall–Kier alpha value is -2.99. The number of aryl methyl sites for hydroxylation is 1. The van der Waals surface area contributed by atoms with Gasteiger partial charge in [0.1, 0.15) is 5.75 Å². The van der Waals surface area contributed by atoms with Gasteiger partial charge in [-0.25, -0.2) is 0 Å². The number of amides is 1. The molecule has 1 spiro atoms. The van der Waals surface area contributed by atoms with Gasteiger partial charge in [0, 0.05) is 43.5 Å². The number of carbonyl (C=O) groups is 2. The summed E-state index contributed by atoms with van der Waals surface area (Å²) in [7, 11) is 1.73. The molecular weight excluding hydrogens is 500 g/mol. The number of allylic oxidation sites excluding steroid dienone is 1. The predicted molar refractivity (Wildman–Crippen MR) is 150 cm³/mol. The van der Waals surface area contributed by atoms with Gasteiger partial charge in [-0.3, -0.25) is 9.59 Å². The number of ether oxygens (including phenoxy) is 1. The summed E-state index contributed by atoms with van der Waals surface area (Å²) in [5, 5.41) is 11.1. The fourth-order valence-electron chi connectivity index (χ4n) is 6.25. The van der Waals surface area contributed by atoms with Crippen molar-refractivity contribution < 1.29 is 19.4 Å². The van der Waals surface area contributed by atoms with Crippen molar-refractivity contribution in [2.24, 2.45) is 0 Å². The average Bonchev–Trinajstić information content (AvgIpc) is 3.04. The van der Waals surface area contributed by atoms with Gasteiger partial charge in [-0.1, -0.05) is 35.9 Å². The number of carboxylic acid groups (broad SMARTS) is 1. The number of fused-ring (bicyclic) bond motifs is 3. The molecule has 1 N–H and O–H groups in total. The summed E-state index contributed by atoms with van der Waals surface area (Å²) in [6.45, 7) is 4.33. The lowest BCUT2D eigenvalue weighted by atomic mass is 9.70. The quantitative estimate of drug-likeness (QED) is 0.470. The molecule has 0 radical (unpaired) electrons. The maximum atomic E-state index is 13.0. The van der Waals surface area contributed by atoms with Gasteiger partial charge < -0.3 is 19.6 Å². The number of likely N-dealkylation sites (N-methyl/N-ethyl adjacent to an activating group) is 1. The Morgan fingerprint density at radius 1 is 1.11 bits per heavy atom. The molecule has 0 saturated carbocycles. The first-order valence-corrected chi connectivity index (χ1v) is 14.0. The summed E-state index contributed by atoms with van der Waals surface area (Å²) >= 11 is 6.36. The van der Waals surface area contributed by atoms with Crippen LogP contribution in [0.15, 0.2) is 48.6 Å². The third kappa shape index (κ3) is 5.03. The summed E-state index contributed by atoms with van der Waals surface area (Å²) in [6, 6.07) is 11.9. The number of benzene rings is 2. The third-order valence-corrected chi connectivity index (χ3v) is 8.91. The van der Waals surface area contributed by atoms with E-state index in [4.69, 9.17) is 16.3 Å². The number of nitrogens with zero attached hydrogens (tertiary/aromatic N) is 2. The van der Waals surface area contributed by atoms with E-state index in [0.29, 0.717) is 18.7 Å². The molecule has 1 aliphatic carbocycles. The van der Waals surface area contributed by atoms with E-state index in [1.807, 2.05) is 30.3 Å². The number of carboxylic acids is 1. The minimum absolute atomic E-state index is 0.107. The van der Waals surface area contributed by atoms with Gasteiger partial charge in [-0.15, -0.1) is 0 Å². The molecule has 3 aliphatic rings. The smallest absolute Gasteiger partial charge is 0.314 e. The van der Waals surface area contributed by atoms with E-state index in [9.17, 15) is 14.7 Å². The normalized spacial score (nSPS) is 27.0. The molecule has 0 fully saturated rings. The lowest BCUT2D eigenvalue weighted by Crippen LogP contribution is -2.46. The van der Waals surface area contributed by atoms with Crippen LogP contribution in [0, 0.1) is 0 Å². The van der Waals surface area contributed by atoms with Crippen LogP contribution in [0.1, 0.15) is 62.1 Å². The topological polar surface area (TPSA) is 70.1 Å². The molecule has 2 atom stereocenters. The molecule has 7 heteroatoms. The molecule has 5 rings (SSSR count). The lowest BCUT2D eigenvalue weighted by Gasteiger charge is -2.41. The van der Waals surface area contributed by atoms with Crippen LogP contribution in [-0.2, 0) is 26.8 Å². The zero-order valence-corrected chi connectivity index (χ0v) is 23.1. The fraction of sp³-hybridized carbons (Fsp3) is 0.484. The first kappa shape index (κ1) is 26.6. The van der Waals surface area contributed by atoms with E-state index in [0.717, 1.165) is 68.1 Å². The van der Waals surface area contributed by atoms with E-state index >= 15 is 0 Å². The Morgan fingerprint density at radius 3 is 2.76 bits per heavy atom. The predicted octanol–water partition coefficient (Wildman–Crippen LogP) is 5.74. The van der Waals surface area contributed by atoms with E-state index in [1.165, 1.54) is 11.1 Å². The second-order valence-corrected chi connectivity index (χ2v) is 11.8. The summed E-state index contributed by atoms with van der Waals surface area (Å²) in [5.41, 5.74) is 2.62. The van der Waals surface area contributed by atoms with Crippen molar-refractivity contribution in [3.05, 3.63) is 70.3 Å². The van der Waals surface area contributed by atoms with Gasteiger partial charge in [-0.2, -0.15) is 0 Å². The Balaban J connectivity index is 1.59. The van der Waals surface area contributed by atoms with Crippen molar-refractivity contribution >= 4 is 29.2 Å². The number of hydrogen-bond donors (Lipinski definition) is 1. The standard InChI is InChI=1S/C31H37ClN2O4/c1-30(29(36)37)19-28(35)33(2)15-6-4-3-5-7-16-34-20-31(21-38-27-13-10-23(30)18-26(27)34)14-8-9-22-17-24(32)11-12-25(22)31/h4,6,10-13,17-18H,3,5,7-9,14-16,19-21H2,1-2H3,(H,36,37)/b6-4+/t30-,31+/m1/s1. The molecule has 2 aromatic rings.